The zero-order valence-corrected chi connectivity index (χ0v) is 9.61. The van der Waals surface area contributed by atoms with E-state index in [1.807, 2.05) is 6.07 Å². The molecule has 86 valence electrons. The predicted octanol–water partition coefficient (Wildman–Crippen LogP) is 2.29. The molecule has 3 nitrogen and oxygen atoms in total. The lowest BCUT2D eigenvalue weighted by atomic mass is 10.2. The third-order valence-corrected chi connectivity index (χ3v) is 2.23. The van der Waals surface area contributed by atoms with E-state index >= 15 is 0 Å². The van der Waals surface area contributed by atoms with Crippen LogP contribution in [0.2, 0.25) is 5.02 Å². The summed E-state index contributed by atoms with van der Waals surface area (Å²) in [5, 5.41) is 0.615. The van der Waals surface area contributed by atoms with E-state index in [4.69, 9.17) is 22.1 Å². The Bertz CT molecular complexity index is 379. The molecule has 0 aromatic heterocycles. The molecule has 0 spiro atoms. The van der Waals surface area contributed by atoms with Gasteiger partial charge in [-0.15, -0.1) is 6.58 Å². The molecule has 1 unspecified atom stereocenters. The Morgan fingerprint density at radius 2 is 2.38 bits per heavy atom. The van der Waals surface area contributed by atoms with Crippen LogP contribution in [0.5, 0.6) is 0 Å². The number of hydrogen-bond donors (Lipinski definition) is 1. The summed E-state index contributed by atoms with van der Waals surface area (Å²) < 4.78 is 5.03. The highest BCUT2D eigenvalue weighted by atomic mass is 35.5. The van der Waals surface area contributed by atoms with Crippen molar-refractivity contribution in [3.8, 4) is 0 Å². The van der Waals surface area contributed by atoms with Gasteiger partial charge in [-0.05, 0) is 24.1 Å². The largest absolute Gasteiger partial charge is 0.460 e. The van der Waals surface area contributed by atoms with Gasteiger partial charge in [0.2, 0.25) is 0 Å². The van der Waals surface area contributed by atoms with Crippen LogP contribution in [0.4, 0.5) is 0 Å². The van der Waals surface area contributed by atoms with Crippen LogP contribution in [0.3, 0.4) is 0 Å². The maximum Gasteiger partial charge on any atom is 0.323 e. The lowest BCUT2D eigenvalue weighted by molar-refractivity contribution is -0.146. The molecule has 0 aliphatic rings. The normalized spacial score (nSPS) is 11.9. The molecule has 0 amide bonds. The molecule has 1 aromatic rings. The first-order valence-corrected chi connectivity index (χ1v) is 5.29. The first-order valence-electron chi connectivity index (χ1n) is 4.91. The van der Waals surface area contributed by atoms with Crippen LogP contribution in [0.15, 0.2) is 36.9 Å². The van der Waals surface area contributed by atoms with Crippen LogP contribution in [-0.4, -0.2) is 12.0 Å². The minimum absolute atomic E-state index is 0.185. The second-order valence-corrected chi connectivity index (χ2v) is 3.80. The van der Waals surface area contributed by atoms with Crippen LogP contribution in [0, 0.1) is 0 Å². The molecule has 16 heavy (non-hydrogen) atoms. The fourth-order valence-electron chi connectivity index (χ4n) is 1.16. The minimum Gasteiger partial charge on any atom is -0.460 e. The van der Waals surface area contributed by atoms with E-state index in [0.717, 1.165) is 5.56 Å². The van der Waals surface area contributed by atoms with Crippen LogP contribution in [0.1, 0.15) is 12.0 Å². The number of carbonyl (C=O) groups excluding carboxylic acids is 1. The van der Waals surface area contributed by atoms with Gasteiger partial charge in [0.1, 0.15) is 12.6 Å². The predicted molar refractivity (Wildman–Crippen MR) is 64.0 cm³/mol. The SMILES string of the molecule is C=CCC(N)C(=O)OCc1cccc(Cl)c1. The molecule has 0 aliphatic heterocycles. The zero-order valence-electron chi connectivity index (χ0n) is 8.86. The summed E-state index contributed by atoms with van der Waals surface area (Å²) in [6.07, 6.45) is 2.00. The van der Waals surface area contributed by atoms with Gasteiger partial charge in [-0.3, -0.25) is 4.79 Å². The smallest absolute Gasteiger partial charge is 0.323 e. The van der Waals surface area contributed by atoms with Gasteiger partial charge in [0.25, 0.3) is 0 Å². The van der Waals surface area contributed by atoms with E-state index in [1.165, 1.54) is 0 Å². The minimum atomic E-state index is -0.642. The zero-order chi connectivity index (χ0) is 12.0. The molecule has 0 aliphatic carbocycles. The molecule has 0 bridgehead atoms. The third kappa shape index (κ3) is 4.04. The van der Waals surface area contributed by atoms with Gasteiger partial charge >= 0.3 is 5.97 Å². The Morgan fingerprint density at radius 3 is 3.00 bits per heavy atom. The monoisotopic (exact) mass is 239 g/mol. The van der Waals surface area contributed by atoms with E-state index in [2.05, 4.69) is 6.58 Å². The first kappa shape index (κ1) is 12.7. The fourth-order valence-corrected chi connectivity index (χ4v) is 1.38. The average Bonchev–Trinajstić information content (AvgIpc) is 2.26. The summed E-state index contributed by atoms with van der Waals surface area (Å²) in [5.41, 5.74) is 6.39. The van der Waals surface area contributed by atoms with Crippen LogP contribution in [0.25, 0.3) is 0 Å². The lowest BCUT2D eigenvalue weighted by Crippen LogP contribution is -2.31. The van der Waals surface area contributed by atoms with Gasteiger partial charge < -0.3 is 10.5 Å². The van der Waals surface area contributed by atoms with E-state index in [-0.39, 0.29) is 6.61 Å². The molecule has 1 aromatic carbocycles. The van der Waals surface area contributed by atoms with E-state index in [1.54, 1.807) is 24.3 Å². The second-order valence-electron chi connectivity index (χ2n) is 3.37. The molecule has 0 radical (unpaired) electrons. The summed E-state index contributed by atoms with van der Waals surface area (Å²) >= 11 is 5.79. The number of nitrogens with two attached hydrogens (primary N) is 1. The van der Waals surface area contributed by atoms with Gasteiger partial charge in [0, 0.05) is 5.02 Å². The van der Waals surface area contributed by atoms with Crippen molar-refractivity contribution in [1.82, 2.24) is 0 Å². The van der Waals surface area contributed by atoms with Gasteiger partial charge in [-0.1, -0.05) is 29.8 Å². The van der Waals surface area contributed by atoms with E-state index < -0.39 is 12.0 Å². The molecule has 2 N–H and O–H groups in total. The van der Waals surface area contributed by atoms with Crippen molar-refractivity contribution < 1.29 is 9.53 Å². The summed E-state index contributed by atoms with van der Waals surface area (Å²) in [4.78, 5) is 11.4. The Hall–Kier alpha value is -1.32. The van der Waals surface area contributed by atoms with Gasteiger partial charge in [-0.2, -0.15) is 0 Å². The molecule has 0 saturated carbocycles. The molecule has 0 heterocycles. The Labute approximate surface area is 99.8 Å². The van der Waals surface area contributed by atoms with Crippen molar-refractivity contribution in [3.05, 3.63) is 47.5 Å². The standard InChI is InChI=1S/C12H14ClNO2/c1-2-4-11(14)12(15)16-8-9-5-3-6-10(13)7-9/h2-3,5-7,11H,1,4,8,14H2. The number of rotatable bonds is 5. The number of halogens is 1. The summed E-state index contributed by atoms with van der Waals surface area (Å²) in [5.74, 6) is -0.431. The quantitative estimate of drug-likeness (QED) is 0.634. The van der Waals surface area contributed by atoms with Crippen LogP contribution >= 0.6 is 11.6 Å². The number of esters is 1. The molecule has 0 fully saturated rings. The van der Waals surface area contributed by atoms with E-state index in [9.17, 15) is 4.79 Å². The van der Waals surface area contributed by atoms with Crippen molar-refractivity contribution in [2.45, 2.75) is 19.1 Å². The molecule has 4 heteroatoms. The van der Waals surface area contributed by atoms with Crippen molar-refractivity contribution in [1.29, 1.82) is 0 Å². The summed E-state index contributed by atoms with van der Waals surface area (Å²) in [6, 6.07) is 6.49. The molecular formula is C12H14ClNO2. The number of hydrogen-bond acceptors (Lipinski definition) is 3. The lowest BCUT2D eigenvalue weighted by Gasteiger charge is -2.09. The highest BCUT2D eigenvalue weighted by molar-refractivity contribution is 6.30. The van der Waals surface area contributed by atoms with Crippen molar-refractivity contribution >= 4 is 17.6 Å². The van der Waals surface area contributed by atoms with Crippen molar-refractivity contribution in [3.63, 3.8) is 0 Å². The Balaban J connectivity index is 2.45. The molecule has 1 rings (SSSR count). The Morgan fingerprint density at radius 1 is 1.62 bits per heavy atom. The molecule has 1 atom stereocenters. The molecular weight excluding hydrogens is 226 g/mol. The highest BCUT2D eigenvalue weighted by Gasteiger charge is 2.12. The summed E-state index contributed by atoms with van der Waals surface area (Å²) in [7, 11) is 0. The topological polar surface area (TPSA) is 52.3 Å². The maximum absolute atomic E-state index is 11.4. The number of benzene rings is 1. The Kier molecular flexibility index (Phi) is 5.02. The average molecular weight is 240 g/mol. The fraction of sp³-hybridized carbons (Fsp3) is 0.250. The molecule has 0 saturated heterocycles. The van der Waals surface area contributed by atoms with Crippen molar-refractivity contribution in [2.75, 3.05) is 0 Å². The highest BCUT2D eigenvalue weighted by Crippen LogP contribution is 2.11. The van der Waals surface area contributed by atoms with Gasteiger partial charge in [0.05, 0.1) is 0 Å². The van der Waals surface area contributed by atoms with Gasteiger partial charge in [0.15, 0.2) is 0 Å². The van der Waals surface area contributed by atoms with Gasteiger partial charge in [-0.25, -0.2) is 0 Å². The maximum atomic E-state index is 11.4. The summed E-state index contributed by atoms with van der Waals surface area (Å²) in [6.45, 7) is 3.69. The number of ether oxygens (including phenoxy) is 1. The number of carbonyl (C=O) groups is 1. The van der Waals surface area contributed by atoms with E-state index in [0.29, 0.717) is 11.4 Å². The third-order valence-electron chi connectivity index (χ3n) is 1.99. The second kappa shape index (κ2) is 6.30. The van der Waals surface area contributed by atoms with Crippen LogP contribution < -0.4 is 5.73 Å². The van der Waals surface area contributed by atoms with Crippen LogP contribution in [-0.2, 0) is 16.1 Å². The first-order chi connectivity index (χ1) is 7.63. The van der Waals surface area contributed by atoms with Crippen molar-refractivity contribution in [2.24, 2.45) is 5.73 Å².